The maximum Gasteiger partial charge on any atom is 0.341 e. The smallest absolute Gasteiger partial charge is 0.341 e. The number of benzene rings is 1. The number of anilines is 1. The third-order valence-electron chi connectivity index (χ3n) is 3.21. The molecule has 1 aromatic rings. The number of carbonyl (C=O) groups is 1. The fraction of sp³-hybridized carbons (Fsp3) is 0.462. The van der Waals surface area contributed by atoms with Crippen molar-refractivity contribution >= 4 is 11.7 Å². The molecule has 0 amide bonds. The van der Waals surface area contributed by atoms with Crippen molar-refractivity contribution in [2.75, 3.05) is 12.8 Å². The van der Waals surface area contributed by atoms with Crippen LogP contribution in [0.4, 0.5) is 5.69 Å². The molecule has 4 nitrogen and oxygen atoms in total. The maximum absolute atomic E-state index is 11.5. The third-order valence-corrected chi connectivity index (χ3v) is 3.21. The van der Waals surface area contributed by atoms with E-state index in [2.05, 4.69) is 25.5 Å². The van der Waals surface area contributed by atoms with Crippen LogP contribution in [0.25, 0.3) is 0 Å². The van der Waals surface area contributed by atoms with E-state index in [1.807, 2.05) is 0 Å². The number of methoxy groups -OCH3 is 1. The summed E-state index contributed by atoms with van der Waals surface area (Å²) in [6.45, 7) is 6.17. The van der Waals surface area contributed by atoms with Crippen molar-refractivity contribution < 1.29 is 14.6 Å². The molecular weight excluding hydrogens is 218 g/mol. The standard InChI is InChI=1S/C13H19NO3/c1-5-13(2,3)8-6-9(12(16)17-4)11(15)10(14)7-8/h6-7,15H,5,14H2,1-4H3. The lowest BCUT2D eigenvalue weighted by Gasteiger charge is -2.24. The number of hydrogen-bond donors (Lipinski definition) is 2. The normalized spacial score (nSPS) is 11.3. The Hall–Kier alpha value is -1.71. The fourth-order valence-corrected chi connectivity index (χ4v) is 1.52. The van der Waals surface area contributed by atoms with Crippen LogP contribution in [0.3, 0.4) is 0 Å². The van der Waals surface area contributed by atoms with Crippen molar-refractivity contribution in [3.05, 3.63) is 23.3 Å². The Kier molecular flexibility index (Phi) is 3.66. The number of phenols is 1. The van der Waals surface area contributed by atoms with E-state index in [-0.39, 0.29) is 22.4 Å². The maximum atomic E-state index is 11.5. The van der Waals surface area contributed by atoms with Crippen molar-refractivity contribution in [3.8, 4) is 5.75 Å². The van der Waals surface area contributed by atoms with Gasteiger partial charge in [-0.25, -0.2) is 4.79 Å². The molecular formula is C13H19NO3. The lowest BCUT2D eigenvalue weighted by atomic mass is 9.81. The number of aromatic hydroxyl groups is 1. The number of nitrogen functional groups attached to an aromatic ring is 1. The molecule has 0 saturated heterocycles. The molecule has 17 heavy (non-hydrogen) atoms. The van der Waals surface area contributed by atoms with Gasteiger partial charge >= 0.3 is 5.97 Å². The molecule has 0 aliphatic rings. The van der Waals surface area contributed by atoms with Gasteiger partial charge in [0.2, 0.25) is 0 Å². The minimum atomic E-state index is -0.581. The number of ether oxygens (including phenoxy) is 1. The average molecular weight is 237 g/mol. The lowest BCUT2D eigenvalue weighted by Crippen LogP contribution is -2.17. The summed E-state index contributed by atoms with van der Waals surface area (Å²) < 4.78 is 4.62. The Morgan fingerprint density at radius 2 is 2.06 bits per heavy atom. The summed E-state index contributed by atoms with van der Waals surface area (Å²) in [7, 11) is 1.27. The van der Waals surface area contributed by atoms with Crippen LogP contribution < -0.4 is 5.73 Å². The molecule has 0 fully saturated rings. The second-order valence-electron chi connectivity index (χ2n) is 4.69. The molecule has 3 N–H and O–H groups in total. The number of hydrogen-bond acceptors (Lipinski definition) is 4. The topological polar surface area (TPSA) is 72.5 Å². The second-order valence-corrected chi connectivity index (χ2v) is 4.69. The highest BCUT2D eigenvalue weighted by Gasteiger charge is 2.23. The van der Waals surface area contributed by atoms with Gasteiger partial charge in [0.15, 0.2) is 5.75 Å². The van der Waals surface area contributed by atoms with Gasteiger partial charge in [-0.15, -0.1) is 0 Å². The predicted octanol–water partition coefficient (Wildman–Crippen LogP) is 2.45. The highest BCUT2D eigenvalue weighted by Crippen LogP contribution is 2.34. The van der Waals surface area contributed by atoms with Gasteiger partial charge in [0.1, 0.15) is 5.56 Å². The van der Waals surface area contributed by atoms with Crippen molar-refractivity contribution in [2.45, 2.75) is 32.6 Å². The summed E-state index contributed by atoms with van der Waals surface area (Å²) in [4.78, 5) is 11.5. The highest BCUT2D eigenvalue weighted by molar-refractivity contribution is 5.94. The van der Waals surface area contributed by atoms with Gasteiger partial charge in [-0.1, -0.05) is 20.8 Å². The van der Waals surface area contributed by atoms with Crippen molar-refractivity contribution in [3.63, 3.8) is 0 Å². The summed E-state index contributed by atoms with van der Waals surface area (Å²) in [5, 5.41) is 9.74. The Labute approximate surface area is 101 Å². The van der Waals surface area contributed by atoms with E-state index in [9.17, 15) is 9.90 Å². The third kappa shape index (κ3) is 2.52. The van der Waals surface area contributed by atoms with Gasteiger partial charge in [0.05, 0.1) is 12.8 Å². The van der Waals surface area contributed by atoms with E-state index in [4.69, 9.17) is 5.73 Å². The van der Waals surface area contributed by atoms with Gasteiger partial charge in [0.25, 0.3) is 0 Å². The Bertz CT molecular complexity index is 439. The van der Waals surface area contributed by atoms with Crippen LogP contribution in [0.15, 0.2) is 12.1 Å². The Balaban J connectivity index is 3.38. The van der Waals surface area contributed by atoms with Crippen LogP contribution in [0.2, 0.25) is 0 Å². The van der Waals surface area contributed by atoms with E-state index in [1.54, 1.807) is 12.1 Å². The molecule has 0 aliphatic carbocycles. The molecule has 1 aromatic carbocycles. The van der Waals surface area contributed by atoms with Crippen molar-refractivity contribution in [2.24, 2.45) is 0 Å². The van der Waals surface area contributed by atoms with Gasteiger partial charge in [0, 0.05) is 0 Å². The van der Waals surface area contributed by atoms with E-state index >= 15 is 0 Å². The van der Waals surface area contributed by atoms with E-state index in [1.165, 1.54) is 7.11 Å². The van der Waals surface area contributed by atoms with E-state index < -0.39 is 5.97 Å². The molecule has 4 heteroatoms. The Morgan fingerprint density at radius 3 is 2.53 bits per heavy atom. The molecule has 0 saturated carbocycles. The summed E-state index contributed by atoms with van der Waals surface area (Å²) >= 11 is 0. The first-order valence-corrected chi connectivity index (χ1v) is 5.54. The molecule has 0 heterocycles. The minimum Gasteiger partial charge on any atom is -0.505 e. The molecule has 0 radical (unpaired) electrons. The van der Waals surface area contributed by atoms with Gasteiger partial charge < -0.3 is 15.6 Å². The molecule has 0 spiro atoms. The zero-order valence-electron chi connectivity index (χ0n) is 10.7. The SMILES string of the molecule is CCC(C)(C)c1cc(N)c(O)c(C(=O)OC)c1. The predicted molar refractivity (Wildman–Crippen MR) is 67.2 cm³/mol. The molecule has 0 bridgehead atoms. The molecule has 0 atom stereocenters. The highest BCUT2D eigenvalue weighted by atomic mass is 16.5. The first-order chi connectivity index (χ1) is 7.83. The van der Waals surface area contributed by atoms with E-state index in [0.29, 0.717) is 0 Å². The summed E-state index contributed by atoms with van der Waals surface area (Å²) in [5.41, 5.74) is 6.83. The van der Waals surface area contributed by atoms with Gasteiger partial charge in [-0.3, -0.25) is 0 Å². The summed E-state index contributed by atoms with van der Waals surface area (Å²) in [6.07, 6.45) is 0.901. The van der Waals surface area contributed by atoms with Crippen LogP contribution in [-0.2, 0) is 10.2 Å². The number of esters is 1. The molecule has 0 unspecified atom stereocenters. The fourth-order valence-electron chi connectivity index (χ4n) is 1.52. The first-order valence-electron chi connectivity index (χ1n) is 5.54. The number of phenolic OH excluding ortho intramolecular Hbond substituents is 1. The van der Waals surface area contributed by atoms with Crippen molar-refractivity contribution in [1.29, 1.82) is 0 Å². The monoisotopic (exact) mass is 237 g/mol. The molecule has 1 rings (SSSR count). The number of rotatable bonds is 3. The Morgan fingerprint density at radius 1 is 1.47 bits per heavy atom. The molecule has 0 aliphatic heterocycles. The summed E-state index contributed by atoms with van der Waals surface area (Å²) in [5.74, 6) is -0.796. The van der Waals surface area contributed by atoms with Crippen LogP contribution in [0.1, 0.15) is 43.1 Å². The molecule has 0 aromatic heterocycles. The van der Waals surface area contributed by atoms with Crippen LogP contribution in [-0.4, -0.2) is 18.2 Å². The van der Waals surface area contributed by atoms with Crippen LogP contribution in [0, 0.1) is 0 Å². The zero-order chi connectivity index (χ0) is 13.2. The minimum absolute atomic E-state index is 0.107. The lowest BCUT2D eigenvalue weighted by molar-refractivity contribution is 0.0597. The molecule has 94 valence electrons. The van der Waals surface area contributed by atoms with Gasteiger partial charge in [-0.2, -0.15) is 0 Å². The van der Waals surface area contributed by atoms with Crippen LogP contribution >= 0.6 is 0 Å². The second kappa shape index (κ2) is 4.65. The number of nitrogens with two attached hydrogens (primary N) is 1. The average Bonchev–Trinajstić information content (AvgIpc) is 2.31. The van der Waals surface area contributed by atoms with Gasteiger partial charge in [-0.05, 0) is 29.5 Å². The quantitative estimate of drug-likeness (QED) is 0.481. The van der Waals surface area contributed by atoms with Crippen LogP contribution in [0.5, 0.6) is 5.75 Å². The van der Waals surface area contributed by atoms with E-state index in [0.717, 1.165) is 12.0 Å². The zero-order valence-corrected chi connectivity index (χ0v) is 10.7. The first kappa shape index (κ1) is 13.4. The summed E-state index contributed by atoms with van der Waals surface area (Å²) in [6, 6.07) is 3.34. The largest absolute Gasteiger partial charge is 0.505 e. The van der Waals surface area contributed by atoms with Crippen molar-refractivity contribution in [1.82, 2.24) is 0 Å². The number of carbonyl (C=O) groups excluding carboxylic acids is 1.